The van der Waals surface area contributed by atoms with Crippen molar-refractivity contribution >= 4 is 15.9 Å². The number of benzene rings is 2. The Bertz CT molecular complexity index is 602. The maximum absolute atomic E-state index is 13.8. The third-order valence-electron chi connectivity index (χ3n) is 2.97. The molecule has 0 bridgehead atoms. The predicted octanol–water partition coefficient (Wildman–Crippen LogP) is 3.59. The highest BCUT2D eigenvalue weighted by molar-refractivity contribution is 9.10. The SMILES string of the molecule is Cc1ccc(C(NN)c2ccc(F)cc2F)cc1Br. The summed E-state index contributed by atoms with van der Waals surface area (Å²) < 4.78 is 27.7. The van der Waals surface area contributed by atoms with Gasteiger partial charge in [0.2, 0.25) is 0 Å². The lowest BCUT2D eigenvalue weighted by atomic mass is 9.98. The standard InChI is InChI=1S/C14H13BrF2N2/c1-8-2-3-9(6-12(8)15)14(19-18)11-5-4-10(16)7-13(11)17/h2-7,14,19H,18H2,1H3. The average molecular weight is 327 g/mol. The fourth-order valence-electron chi connectivity index (χ4n) is 1.89. The molecule has 0 aliphatic rings. The summed E-state index contributed by atoms with van der Waals surface area (Å²) in [4.78, 5) is 0. The first-order valence-corrected chi connectivity index (χ1v) is 6.49. The lowest BCUT2D eigenvalue weighted by molar-refractivity contribution is 0.541. The third-order valence-corrected chi connectivity index (χ3v) is 3.82. The van der Waals surface area contributed by atoms with Crippen LogP contribution in [0.2, 0.25) is 0 Å². The average Bonchev–Trinajstić information content (AvgIpc) is 2.37. The summed E-state index contributed by atoms with van der Waals surface area (Å²) in [5, 5.41) is 0. The Kier molecular flexibility index (Phi) is 4.29. The summed E-state index contributed by atoms with van der Waals surface area (Å²) in [6.07, 6.45) is 0. The van der Waals surface area contributed by atoms with Gasteiger partial charge in [-0.1, -0.05) is 34.1 Å². The van der Waals surface area contributed by atoms with Crippen molar-refractivity contribution in [2.45, 2.75) is 13.0 Å². The van der Waals surface area contributed by atoms with E-state index in [-0.39, 0.29) is 0 Å². The summed E-state index contributed by atoms with van der Waals surface area (Å²) in [6.45, 7) is 1.96. The second-order valence-electron chi connectivity index (χ2n) is 4.27. The number of aryl methyl sites for hydroxylation is 1. The molecule has 0 aliphatic carbocycles. The molecule has 2 aromatic carbocycles. The van der Waals surface area contributed by atoms with Crippen LogP contribution >= 0.6 is 15.9 Å². The molecule has 1 atom stereocenters. The molecule has 0 fully saturated rings. The number of hydrogen-bond acceptors (Lipinski definition) is 2. The molecule has 5 heteroatoms. The second kappa shape index (κ2) is 5.77. The largest absolute Gasteiger partial charge is 0.271 e. The molecule has 0 saturated carbocycles. The molecule has 0 radical (unpaired) electrons. The summed E-state index contributed by atoms with van der Waals surface area (Å²) >= 11 is 3.42. The van der Waals surface area contributed by atoms with Crippen molar-refractivity contribution in [3.63, 3.8) is 0 Å². The molecule has 2 rings (SSSR count). The second-order valence-corrected chi connectivity index (χ2v) is 5.13. The van der Waals surface area contributed by atoms with Gasteiger partial charge in [-0.15, -0.1) is 0 Å². The highest BCUT2D eigenvalue weighted by Gasteiger charge is 2.17. The van der Waals surface area contributed by atoms with E-state index in [2.05, 4.69) is 21.4 Å². The molecule has 3 N–H and O–H groups in total. The zero-order chi connectivity index (χ0) is 14.0. The van der Waals surface area contributed by atoms with Crippen LogP contribution in [-0.2, 0) is 0 Å². The van der Waals surface area contributed by atoms with Crippen LogP contribution in [0.5, 0.6) is 0 Å². The summed E-state index contributed by atoms with van der Waals surface area (Å²) in [6, 6.07) is 8.55. The number of hydrazine groups is 1. The first kappa shape index (κ1) is 14.1. The van der Waals surface area contributed by atoms with Crippen molar-refractivity contribution < 1.29 is 8.78 Å². The van der Waals surface area contributed by atoms with Crippen molar-refractivity contribution in [1.82, 2.24) is 5.43 Å². The molecule has 100 valence electrons. The predicted molar refractivity (Wildman–Crippen MR) is 74.4 cm³/mol. The monoisotopic (exact) mass is 326 g/mol. The molecule has 1 unspecified atom stereocenters. The summed E-state index contributed by atoms with van der Waals surface area (Å²) in [7, 11) is 0. The van der Waals surface area contributed by atoms with Crippen LogP contribution in [0, 0.1) is 18.6 Å². The van der Waals surface area contributed by atoms with Crippen LogP contribution in [0.15, 0.2) is 40.9 Å². The maximum Gasteiger partial charge on any atom is 0.131 e. The van der Waals surface area contributed by atoms with E-state index in [4.69, 9.17) is 5.84 Å². The Morgan fingerprint density at radius 1 is 1.16 bits per heavy atom. The number of nitrogens with two attached hydrogens (primary N) is 1. The number of hydrogen-bond donors (Lipinski definition) is 2. The van der Waals surface area contributed by atoms with Gasteiger partial charge in [0, 0.05) is 16.1 Å². The fraction of sp³-hybridized carbons (Fsp3) is 0.143. The van der Waals surface area contributed by atoms with Crippen LogP contribution < -0.4 is 11.3 Å². The minimum Gasteiger partial charge on any atom is -0.271 e. The van der Waals surface area contributed by atoms with Crippen molar-refractivity contribution in [1.29, 1.82) is 0 Å². The van der Waals surface area contributed by atoms with E-state index in [1.54, 1.807) is 0 Å². The fourth-order valence-corrected chi connectivity index (χ4v) is 2.29. The molecule has 0 spiro atoms. The van der Waals surface area contributed by atoms with E-state index in [1.165, 1.54) is 12.1 Å². The number of halogens is 3. The van der Waals surface area contributed by atoms with Crippen LogP contribution in [0.4, 0.5) is 8.78 Å². The van der Waals surface area contributed by atoms with Crippen molar-refractivity contribution in [3.05, 3.63) is 69.2 Å². The van der Waals surface area contributed by atoms with Gasteiger partial charge in [-0.05, 0) is 30.2 Å². The Morgan fingerprint density at radius 3 is 2.47 bits per heavy atom. The van der Waals surface area contributed by atoms with Crippen LogP contribution in [0.25, 0.3) is 0 Å². The van der Waals surface area contributed by atoms with Gasteiger partial charge in [-0.2, -0.15) is 0 Å². The quantitative estimate of drug-likeness (QED) is 0.668. The highest BCUT2D eigenvalue weighted by atomic mass is 79.9. The van der Waals surface area contributed by atoms with Gasteiger partial charge in [0.15, 0.2) is 0 Å². The molecular formula is C14H13BrF2N2. The van der Waals surface area contributed by atoms with E-state index in [9.17, 15) is 8.78 Å². The minimum atomic E-state index is -0.625. The molecule has 0 amide bonds. The maximum atomic E-state index is 13.8. The van der Waals surface area contributed by atoms with E-state index in [0.717, 1.165) is 21.7 Å². The van der Waals surface area contributed by atoms with E-state index >= 15 is 0 Å². The highest BCUT2D eigenvalue weighted by Crippen LogP contribution is 2.27. The van der Waals surface area contributed by atoms with Gasteiger partial charge < -0.3 is 0 Å². The Morgan fingerprint density at radius 2 is 1.89 bits per heavy atom. The van der Waals surface area contributed by atoms with Crippen LogP contribution in [0.3, 0.4) is 0 Å². The van der Waals surface area contributed by atoms with Crippen molar-refractivity contribution in [2.24, 2.45) is 5.84 Å². The lowest BCUT2D eigenvalue weighted by Gasteiger charge is -2.18. The first-order chi connectivity index (χ1) is 9.02. The zero-order valence-corrected chi connectivity index (χ0v) is 11.8. The van der Waals surface area contributed by atoms with Crippen LogP contribution in [0.1, 0.15) is 22.7 Å². The van der Waals surface area contributed by atoms with Gasteiger partial charge in [0.25, 0.3) is 0 Å². The molecule has 0 heterocycles. The molecule has 0 aromatic heterocycles. The Hall–Kier alpha value is -1.30. The molecule has 2 nitrogen and oxygen atoms in total. The molecule has 2 aromatic rings. The van der Waals surface area contributed by atoms with E-state index in [0.29, 0.717) is 5.56 Å². The van der Waals surface area contributed by atoms with Gasteiger partial charge in [0.05, 0.1) is 6.04 Å². The van der Waals surface area contributed by atoms with Gasteiger partial charge in [-0.25, -0.2) is 14.2 Å². The molecule has 0 aliphatic heterocycles. The Labute approximate surface area is 118 Å². The Balaban J connectivity index is 2.46. The van der Waals surface area contributed by atoms with Gasteiger partial charge in [0.1, 0.15) is 11.6 Å². The van der Waals surface area contributed by atoms with E-state index < -0.39 is 17.7 Å². The van der Waals surface area contributed by atoms with Crippen molar-refractivity contribution in [2.75, 3.05) is 0 Å². The topological polar surface area (TPSA) is 38.0 Å². The zero-order valence-electron chi connectivity index (χ0n) is 10.3. The number of rotatable bonds is 3. The lowest BCUT2D eigenvalue weighted by Crippen LogP contribution is -2.29. The normalized spacial score (nSPS) is 12.5. The summed E-state index contributed by atoms with van der Waals surface area (Å²) in [5.41, 5.74) is 4.73. The first-order valence-electron chi connectivity index (χ1n) is 5.70. The van der Waals surface area contributed by atoms with Crippen LogP contribution in [-0.4, -0.2) is 0 Å². The smallest absolute Gasteiger partial charge is 0.131 e. The summed E-state index contributed by atoms with van der Waals surface area (Å²) in [5.74, 6) is 4.27. The minimum absolute atomic E-state index is 0.305. The molecule has 0 saturated heterocycles. The molecule has 19 heavy (non-hydrogen) atoms. The number of nitrogens with one attached hydrogen (secondary N) is 1. The van der Waals surface area contributed by atoms with Gasteiger partial charge in [-0.3, -0.25) is 5.84 Å². The third kappa shape index (κ3) is 3.00. The van der Waals surface area contributed by atoms with Gasteiger partial charge >= 0.3 is 0 Å². The van der Waals surface area contributed by atoms with Crippen molar-refractivity contribution in [3.8, 4) is 0 Å². The molecular weight excluding hydrogens is 314 g/mol. The van der Waals surface area contributed by atoms with E-state index in [1.807, 2.05) is 25.1 Å².